The molecule has 1 atom stereocenters. The molecular weight excluding hydrogens is 310 g/mol. The minimum Gasteiger partial charge on any atom is -0.489 e. The summed E-state index contributed by atoms with van der Waals surface area (Å²) in [6.07, 6.45) is 0.151. The molecular formula is C21H23N3O. The Bertz CT molecular complexity index is 922. The Labute approximate surface area is 148 Å². The van der Waals surface area contributed by atoms with E-state index in [-0.39, 0.29) is 6.10 Å². The van der Waals surface area contributed by atoms with Gasteiger partial charge in [0.15, 0.2) is 0 Å². The highest BCUT2D eigenvalue weighted by atomic mass is 16.5. The van der Waals surface area contributed by atoms with E-state index < -0.39 is 0 Å². The second-order valence-electron chi connectivity index (χ2n) is 6.95. The zero-order valence-corrected chi connectivity index (χ0v) is 15.0. The number of benzene rings is 2. The van der Waals surface area contributed by atoms with Crippen LogP contribution in [0.3, 0.4) is 0 Å². The second-order valence-corrected chi connectivity index (χ2v) is 6.95. The first-order valence-corrected chi connectivity index (χ1v) is 8.79. The molecule has 2 aromatic carbocycles. The van der Waals surface area contributed by atoms with Crippen LogP contribution in [0.4, 0.5) is 0 Å². The summed E-state index contributed by atoms with van der Waals surface area (Å²) in [4.78, 5) is 12.0. The van der Waals surface area contributed by atoms with Crippen LogP contribution in [0.15, 0.2) is 42.5 Å². The molecule has 0 saturated carbocycles. The first kappa shape index (κ1) is 16.0. The summed E-state index contributed by atoms with van der Waals surface area (Å²) in [5.74, 6) is 1.00. The van der Waals surface area contributed by atoms with Crippen molar-refractivity contribution in [1.82, 2.24) is 14.9 Å². The smallest absolute Gasteiger partial charge is 0.124 e. The molecule has 128 valence electrons. The van der Waals surface area contributed by atoms with E-state index in [4.69, 9.17) is 14.7 Å². The van der Waals surface area contributed by atoms with E-state index in [1.807, 2.05) is 31.2 Å². The molecule has 1 aliphatic rings. The molecule has 4 heteroatoms. The lowest BCUT2D eigenvalue weighted by atomic mass is 10.1. The molecule has 1 aliphatic heterocycles. The molecule has 25 heavy (non-hydrogen) atoms. The molecule has 0 spiro atoms. The summed E-state index contributed by atoms with van der Waals surface area (Å²) in [6, 6.07) is 14.5. The summed E-state index contributed by atoms with van der Waals surface area (Å²) in [5.41, 5.74) is 6.47. The van der Waals surface area contributed by atoms with Gasteiger partial charge in [-0.05, 0) is 39.0 Å². The number of hydrogen-bond acceptors (Lipinski definition) is 4. The number of para-hydroxylation sites is 2. The standard InChI is InChI=1S/C21H23N3O/c1-14-8-9-21-17(10-14)12-24(11-15(2)25-21)13-20-16(3)22-18-6-4-5-7-19(18)23-20/h4-10,15H,11-13H2,1-3H3. The molecule has 1 aromatic heterocycles. The highest BCUT2D eigenvalue weighted by molar-refractivity contribution is 5.74. The lowest BCUT2D eigenvalue weighted by molar-refractivity contribution is 0.155. The van der Waals surface area contributed by atoms with Crippen LogP contribution in [0.2, 0.25) is 0 Å². The van der Waals surface area contributed by atoms with E-state index in [1.165, 1.54) is 11.1 Å². The minimum absolute atomic E-state index is 0.151. The van der Waals surface area contributed by atoms with Crippen molar-refractivity contribution in [2.24, 2.45) is 0 Å². The zero-order valence-electron chi connectivity index (χ0n) is 15.0. The van der Waals surface area contributed by atoms with E-state index in [9.17, 15) is 0 Å². The molecule has 0 amide bonds. The summed E-state index contributed by atoms with van der Waals surface area (Å²) >= 11 is 0. The van der Waals surface area contributed by atoms with E-state index in [2.05, 4.69) is 36.9 Å². The molecule has 0 fully saturated rings. The summed E-state index contributed by atoms with van der Waals surface area (Å²) in [6.45, 7) is 8.82. The van der Waals surface area contributed by atoms with Crippen LogP contribution in [0, 0.1) is 13.8 Å². The van der Waals surface area contributed by atoms with Gasteiger partial charge in [-0.3, -0.25) is 4.90 Å². The second kappa shape index (κ2) is 6.45. The Kier molecular flexibility index (Phi) is 4.14. The fourth-order valence-electron chi connectivity index (χ4n) is 3.48. The fourth-order valence-corrected chi connectivity index (χ4v) is 3.48. The van der Waals surface area contributed by atoms with E-state index in [1.54, 1.807) is 0 Å². The predicted octanol–water partition coefficient (Wildman–Crippen LogP) is 4.03. The molecule has 0 radical (unpaired) electrons. The summed E-state index contributed by atoms with van der Waals surface area (Å²) < 4.78 is 6.10. The normalized spacial score (nSPS) is 17.8. The van der Waals surface area contributed by atoms with Crippen molar-refractivity contribution in [3.8, 4) is 5.75 Å². The Hall–Kier alpha value is -2.46. The van der Waals surface area contributed by atoms with Crippen LogP contribution in [0.25, 0.3) is 11.0 Å². The maximum absolute atomic E-state index is 6.10. The van der Waals surface area contributed by atoms with Gasteiger partial charge in [0, 0.05) is 25.2 Å². The number of hydrogen-bond donors (Lipinski definition) is 0. The third-order valence-corrected chi connectivity index (χ3v) is 4.67. The Balaban J connectivity index is 1.65. The minimum atomic E-state index is 0.151. The first-order chi connectivity index (χ1) is 12.1. The third-order valence-electron chi connectivity index (χ3n) is 4.67. The average molecular weight is 333 g/mol. The fraction of sp³-hybridized carbons (Fsp3) is 0.333. The average Bonchev–Trinajstić information content (AvgIpc) is 2.72. The van der Waals surface area contributed by atoms with Crippen LogP contribution in [0.1, 0.15) is 29.4 Å². The number of rotatable bonds is 2. The molecule has 4 rings (SSSR count). The molecule has 4 nitrogen and oxygen atoms in total. The van der Waals surface area contributed by atoms with Crippen molar-refractivity contribution >= 4 is 11.0 Å². The van der Waals surface area contributed by atoms with E-state index >= 15 is 0 Å². The van der Waals surface area contributed by atoms with E-state index in [0.29, 0.717) is 0 Å². The monoisotopic (exact) mass is 333 g/mol. The molecule has 3 aromatic rings. The lowest BCUT2D eigenvalue weighted by Crippen LogP contribution is -2.31. The van der Waals surface area contributed by atoms with Crippen molar-refractivity contribution in [2.45, 2.75) is 40.0 Å². The van der Waals surface area contributed by atoms with Gasteiger partial charge in [-0.1, -0.05) is 29.8 Å². The van der Waals surface area contributed by atoms with Gasteiger partial charge in [-0.15, -0.1) is 0 Å². The van der Waals surface area contributed by atoms with Gasteiger partial charge < -0.3 is 4.74 Å². The zero-order chi connectivity index (χ0) is 17.4. The molecule has 2 heterocycles. The van der Waals surface area contributed by atoms with E-state index in [0.717, 1.165) is 47.8 Å². The van der Waals surface area contributed by atoms with Gasteiger partial charge >= 0.3 is 0 Å². The summed E-state index contributed by atoms with van der Waals surface area (Å²) in [7, 11) is 0. The third kappa shape index (κ3) is 3.35. The number of aromatic nitrogens is 2. The maximum Gasteiger partial charge on any atom is 0.124 e. The Morgan fingerprint density at radius 3 is 2.64 bits per heavy atom. The van der Waals surface area contributed by atoms with Crippen LogP contribution >= 0.6 is 0 Å². The SMILES string of the molecule is Cc1ccc2c(c1)CN(Cc1nc3ccccc3nc1C)CC(C)O2. The van der Waals surface area contributed by atoms with Crippen LogP contribution < -0.4 is 4.74 Å². The molecule has 0 saturated heterocycles. The lowest BCUT2D eigenvalue weighted by Gasteiger charge is -2.22. The predicted molar refractivity (Wildman–Crippen MR) is 99.7 cm³/mol. The van der Waals surface area contributed by atoms with Crippen molar-refractivity contribution in [3.05, 3.63) is 65.0 Å². The molecule has 0 N–H and O–H groups in total. The van der Waals surface area contributed by atoms with Crippen molar-refractivity contribution in [3.63, 3.8) is 0 Å². The quantitative estimate of drug-likeness (QED) is 0.710. The number of ether oxygens (including phenoxy) is 1. The molecule has 0 aliphatic carbocycles. The van der Waals surface area contributed by atoms with Gasteiger partial charge in [-0.25, -0.2) is 9.97 Å². The van der Waals surface area contributed by atoms with Gasteiger partial charge in [0.25, 0.3) is 0 Å². The highest BCUT2D eigenvalue weighted by Crippen LogP contribution is 2.27. The molecule has 1 unspecified atom stereocenters. The first-order valence-electron chi connectivity index (χ1n) is 8.79. The highest BCUT2D eigenvalue weighted by Gasteiger charge is 2.21. The Morgan fingerprint density at radius 2 is 1.84 bits per heavy atom. The van der Waals surface area contributed by atoms with Crippen LogP contribution in [-0.2, 0) is 13.1 Å². The number of fused-ring (bicyclic) bond motifs is 2. The molecule has 0 bridgehead atoms. The van der Waals surface area contributed by atoms with Crippen molar-refractivity contribution in [1.29, 1.82) is 0 Å². The Morgan fingerprint density at radius 1 is 1.08 bits per heavy atom. The van der Waals surface area contributed by atoms with Crippen LogP contribution in [-0.4, -0.2) is 27.5 Å². The van der Waals surface area contributed by atoms with Crippen molar-refractivity contribution in [2.75, 3.05) is 6.54 Å². The van der Waals surface area contributed by atoms with Gasteiger partial charge in [0.05, 0.1) is 22.4 Å². The largest absolute Gasteiger partial charge is 0.489 e. The summed E-state index contributed by atoms with van der Waals surface area (Å²) in [5, 5.41) is 0. The van der Waals surface area contributed by atoms with Gasteiger partial charge in [0.2, 0.25) is 0 Å². The number of aryl methyl sites for hydroxylation is 2. The topological polar surface area (TPSA) is 38.2 Å². The van der Waals surface area contributed by atoms with Gasteiger partial charge in [0.1, 0.15) is 11.9 Å². The van der Waals surface area contributed by atoms with Crippen LogP contribution in [0.5, 0.6) is 5.75 Å². The van der Waals surface area contributed by atoms with Crippen molar-refractivity contribution < 1.29 is 4.74 Å². The number of nitrogens with zero attached hydrogens (tertiary/aromatic N) is 3. The van der Waals surface area contributed by atoms with Gasteiger partial charge in [-0.2, -0.15) is 0 Å². The maximum atomic E-state index is 6.10.